The van der Waals surface area contributed by atoms with Crippen molar-refractivity contribution in [3.05, 3.63) is 36.5 Å². The summed E-state index contributed by atoms with van der Waals surface area (Å²) in [6, 6.07) is 0. The van der Waals surface area contributed by atoms with Crippen LogP contribution >= 0.6 is 0 Å². The summed E-state index contributed by atoms with van der Waals surface area (Å²) in [5, 5.41) is 31.4. The number of rotatable bonds is 49. The summed E-state index contributed by atoms with van der Waals surface area (Å²) in [4.78, 5) is 50.9. The molecule has 0 bridgehead atoms. The van der Waals surface area contributed by atoms with E-state index in [0.29, 0.717) is 19.3 Å². The van der Waals surface area contributed by atoms with E-state index in [4.69, 9.17) is 23.7 Å². The van der Waals surface area contributed by atoms with Crippen LogP contribution in [-0.4, -0.2) is 89.2 Å². The molecule has 0 amide bonds. The lowest BCUT2D eigenvalue weighted by atomic mass is 9.98. The maximum Gasteiger partial charge on any atom is 0.335 e. The summed E-state index contributed by atoms with van der Waals surface area (Å²) in [5.41, 5.74) is 0. The molecule has 1 rings (SSSR count). The maximum absolute atomic E-state index is 13.1. The standard InChI is InChI=1S/C59H104O12/c1-4-7-10-13-16-19-21-23-24-25-26-27-28-30-32-35-38-41-44-47-53(62)70-57-55(64)54(63)56(58(65)66)71-59(57)68-49-50(69-52(61)46-43-40-37-33-18-15-12-9-6-3)48-67-51(60)45-42-39-36-34-31-29-22-20-17-14-11-8-5-2/h8,11,17,20,29,31,50,54-57,59,63-64H,4-7,9-10,12-16,18-19,21-28,30,32-49H2,1-3H3,(H,65,66)/b11-8-,20-17-,31-29-. The van der Waals surface area contributed by atoms with Gasteiger partial charge in [0, 0.05) is 19.3 Å². The summed E-state index contributed by atoms with van der Waals surface area (Å²) in [7, 11) is 0. The molecule has 12 heteroatoms. The number of unbranched alkanes of at least 4 members (excludes halogenated alkanes) is 29. The van der Waals surface area contributed by atoms with Crippen molar-refractivity contribution in [2.45, 2.75) is 302 Å². The SMILES string of the molecule is CC/C=C\C/C=C\C/C=C\CCCCCC(=O)OCC(COC1OC(C(=O)O)C(O)C(O)C1OC(=O)CCCCCCCCCCCCCCCCCCCCC)OC(=O)CCCCCCCCCCC. The first-order valence-electron chi connectivity index (χ1n) is 29.0. The van der Waals surface area contributed by atoms with E-state index in [1.165, 1.54) is 128 Å². The first-order valence-corrected chi connectivity index (χ1v) is 29.0. The Hall–Kier alpha value is -3.06. The van der Waals surface area contributed by atoms with E-state index in [2.05, 4.69) is 57.2 Å². The van der Waals surface area contributed by atoms with Gasteiger partial charge in [0.15, 0.2) is 24.6 Å². The van der Waals surface area contributed by atoms with Crippen LogP contribution < -0.4 is 0 Å². The van der Waals surface area contributed by atoms with Crippen molar-refractivity contribution in [1.29, 1.82) is 0 Å². The molecule has 1 aliphatic heterocycles. The molecule has 1 aliphatic rings. The zero-order valence-electron chi connectivity index (χ0n) is 45.2. The monoisotopic (exact) mass is 1000 g/mol. The molecule has 0 radical (unpaired) electrons. The smallest absolute Gasteiger partial charge is 0.335 e. The van der Waals surface area contributed by atoms with Gasteiger partial charge in [0.25, 0.3) is 0 Å². The maximum atomic E-state index is 13.1. The number of hydrogen-bond donors (Lipinski definition) is 3. The fourth-order valence-corrected chi connectivity index (χ4v) is 8.80. The number of carbonyl (C=O) groups is 4. The highest BCUT2D eigenvalue weighted by Gasteiger charge is 2.50. The van der Waals surface area contributed by atoms with Gasteiger partial charge in [-0.25, -0.2) is 4.79 Å². The van der Waals surface area contributed by atoms with Gasteiger partial charge in [0.05, 0.1) is 6.61 Å². The fourth-order valence-electron chi connectivity index (χ4n) is 8.80. The van der Waals surface area contributed by atoms with Crippen LogP contribution in [0.3, 0.4) is 0 Å². The lowest BCUT2D eigenvalue weighted by Gasteiger charge is -2.40. The molecular weight excluding hydrogens is 901 g/mol. The average Bonchev–Trinajstić information content (AvgIpc) is 3.35. The number of aliphatic hydroxyl groups excluding tert-OH is 2. The van der Waals surface area contributed by atoms with Crippen molar-refractivity contribution >= 4 is 23.9 Å². The van der Waals surface area contributed by atoms with Crippen LogP contribution in [0.15, 0.2) is 36.5 Å². The number of esters is 3. The topological polar surface area (TPSA) is 175 Å². The van der Waals surface area contributed by atoms with Crippen LogP contribution in [-0.2, 0) is 42.9 Å². The molecule has 12 nitrogen and oxygen atoms in total. The van der Waals surface area contributed by atoms with E-state index >= 15 is 0 Å². The molecule has 3 N–H and O–H groups in total. The summed E-state index contributed by atoms with van der Waals surface area (Å²) in [6.07, 6.45) is 42.8. The van der Waals surface area contributed by atoms with E-state index in [1.807, 2.05) is 0 Å². The summed E-state index contributed by atoms with van der Waals surface area (Å²) in [6.45, 7) is 5.84. The fraction of sp³-hybridized carbons (Fsp3) is 0.831. The van der Waals surface area contributed by atoms with E-state index in [1.54, 1.807) is 0 Å². The molecule has 412 valence electrons. The van der Waals surface area contributed by atoms with Gasteiger partial charge >= 0.3 is 23.9 Å². The first-order chi connectivity index (χ1) is 34.6. The normalized spacial score (nSPS) is 18.7. The predicted molar refractivity (Wildman–Crippen MR) is 285 cm³/mol. The Bertz CT molecular complexity index is 1380. The second kappa shape index (κ2) is 47.9. The van der Waals surface area contributed by atoms with Gasteiger partial charge in [-0.3, -0.25) is 14.4 Å². The zero-order chi connectivity index (χ0) is 51.8. The quantitative estimate of drug-likeness (QED) is 0.0228. The van der Waals surface area contributed by atoms with Crippen molar-refractivity contribution in [3.8, 4) is 0 Å². The molecule has 0 aromatic heterocycles. The molecule has 0 aromatic carbocycles. The van der Waals surface area contributed by atoms with Crippen molar-refractivity contribution in [2.24, 2.45) is 0 Å². The highest BCUT2D eigenvalue weighted by Crippen LogP contribution is 2.26. The lowest BCUT2D eigenvalue weighted by Crippen LogP contribution is -2.61. The first kappa shape index (κ1) is 66.0. The van der Waals surface area contributed by atoms with Crippen LogP contribution in [0.4, 0.5) is 0 Å². The van der Waals surface area contributed by atoms with Gasteiger partial charge in [-0.1, -0.05) is 231 Å². The Balaban J connectivity index is 2.63. The van der Waals surface area contributed by atoms with Crippen molar-refractivity contribution in [2.75, 3.05) is 13.2 Å². The largest absolute Gasteiger partial charge is 0.479 e. The van der Waals surface area contributed by atoms with Crippen LogP contribution in [0.25, 0.3) is 0 Å². The number of carboxylic acids is 1. The number of aliphatic carboxylic acids is 1. The number of allylic oxidation sites excluding steroid dienone is 6. The number of ether oxygens (including phenoxy) is 5. The number of hydrogen-bond acceptors (Lipinski definition) is 11. The van der Waals surface area contributed by atoms with Crippen LogP contribution in [0.2, 0.25) is 0 Å². The molecule has 0 spiro atoms. The Labute approximate surface area is 431 Å². The molecule has 6 atom stereocenters. The third kappa shape index (κ3) is 38.2. The van der Waals surface area contributed by atoms with Crippen LogP contribution in [0.1, 0.15) is 265 Å². The Morgan fingerprint density at radius 2 is 0.887 bits per heavy atom. The van der Waals surface area contributed by atoms with Gasteiger partial charge in [0.1, 0.15) is 18.8 Å². The Morgan fingerprint density at radius 1 is 0.479 bits per heavy atom. The minimum Gasteiger partial charge on any atom is -0.479 e. The molecule has 0 aromatic rings. The predicted octanol–water partition coefficient (Wildman–Crippen LogP) is 14.5. The van der Waals surface area contributed by atoms with Gasteiger partial charge < -0.3 is 39.0 Å². The van der Waals surface area contributed by atoms with Gasteiger partial charge in [-0.2, -0.15) is 0 Å². The van der Waals surface area contributed by atoms with E-state index < -0.39 is 67.3 Å². The van der Waals surface area contributed by atoms with Gasteiger partial charge in [-0.05, 0) is 51.4 Å². The van der Waals surface area contributed by atoms with Crippen LogP contribution in [0.5, 0.6) is 0 Å². The summed E-state index contributed by atoms with van der Waals surface area (Å²) >= 11 is 0. The molecule has 0 aliphatic carbocycles. The zero-order valence-corrected chi connectivity index (χ0v) is 45.2. The Kier molecular flexibility index (Phi) is 44.5. The second-order valence-corrected chi connectivity index (χ2v) is 19.9. The van der Waals surface area contributed by atoms with Crippen molar-refractivity contribution < 1.29 is 58.2 Å². The van der Waals surface area contributed by atoms with Gasteiger partial charge in [-0.15, -0.1) is 0 Å². The van der Waals surface area contributed by atoms with E-state index in [9.17, 15) is 34.5 Å². The molecule has 6 unspecified atom stereocenters. The van der Waals surface area contributed by atoms with Crippen molar-refractivity contribution in [3.63, 3.8) is 0 Å². The minimum atomic E-state index is -1.90. The molecular formula is C59H104O12. The minimum absolute atomic E-state index is 0.0635. The molecule has 1 heterocycles. The highest BCUT2D eigenvalue weighted by atomic mass is 16.7. The third-order valence-electron chi connectivity index (χ3n) is 13.2. The van der Waals surface area contributed by atoms with Crippen LogP contribution in [0, 0.1) is 0 Å². The summed E-state index contributed by atoms with van der Waals surface area (Å²) < 4.78 is 28.3. The lowest BCUT2D eigenvalue weighted by molar-refractivity contribution is -0.301. The van der Waals surface area contributed by atoms with E-state index in [-0.39, 0.29) is 25.9 Å². The molecule has 1 saturated heterocycles. The second-order valence-electron chi connectivity index (χ2n) is 19.9. The number of carboxylic acid groups (broad SMARTS) is 1. The molecule has 71 heavy (non-hydrogen) atoms. The van der Waals surface area contributed by atoms with E-state index in [0.717, 1.165) is 77.0 Å². The number of carbonyl (C=O) groups excluding carboxylic acids is 3. The molecule has 1 fully saturated rings. The average molecular weight is 1010 g/mol. The third-order valence-corrected chi connectivity index (χ3v) is 13.2. The van der Waals surface area contributed by atoms with Gasteiger partial charge in [0.2, 0.25) is 0 Å². The van der Waals surface area contributed by atoms with Crippen molar-refractivity contribution in [1.82, 2.24) is 0 Å². The number of aliphatic hydroxyl groups is 2. The Morgan fingerprint density at radius 3 is 1.35 bits per heavy atom. The summed E-state index contributed by atoms with van der Waals surface area (Å²) in [5.74, 6) is -3.14. The highest BCUT2D eigenvalue weighted by molar-refractivity contribution is 5.74. The molecule has 0 saturated carbocycles.